The van der Waals surface area contributed by atoms with Crippen molar-refractivity contribution >= 4 is 22.6 Å². The zero-order valence-electron chi connectivity index (χ0n) is 12.9. The summed E-state index contributed by atoms with van der Waals surface area (Å²) < 4.78 is 2.43. The van der Waals surface area contributed by atoms with Crippen LogP contribution in [0, 0.1) is 16.7 Å². The molecule has 4 rings (SSSR count). The fourth-order valence-electron chi connectivity index (χ4n) is 5.30. The van der Waals surface area contributed by atoms with Gasteiger partial charge in [-0.05, 0) is 42.1 Å². The van der Waals surface area contributed by atoms with Crippen LogP contribution in [0.15, 0.2) is 18.5 Å². The van der Waals surface area contributed by atoms with E-state index in [0.717, 1.165) is 17.3 Å². The lowest BCUT2D eigenvalue weighted by molar-refractivity contribution is 0.0848. The number of imidazole rings is 1. The van der Waals surface area contributed by atoms with E-state index in [0.29, 0.717) is 22.8 Å². The fraction of sp³-hybridized carbons (Fsp3) is 0.647. The molecule has 2 bridgehead atoms. The van der Waals surface area contributed by atoms with Crippen LogP contribution in [0.1, 0.15) is 51.9 Å². The largest absolute Gasteiger partial charge is 0.323 e. The van der Waals surface area contributed by atoms with E-state index in [1.165, 1.54) is 24.8 Å². The van der Waals surface area contributed by atoms with Crippen LogP contribution in [0.25, 0.3) is 11.0 Å². The highest BCUT2D eigenvalue weighted by Crippen LogP contribution is 2.68. The van der Waals surface area contributed by atoms with Crippen LogP contribution in [-0.2, 0) is 5.88 Å². The Kier molecular flexibility index (Phi) is 2.73. The van der Waals surface area contributed by atoms with Gasteiger partial charge in [0.1, 0.15) is 11.3 Å². The van der Waals surface area contributed by atoms with Crippen molar-refractivity contribution in [2.45, 2.75) is 52.0 Å². The third-order valence-electron chi connectivity index (χ3n) is 6.14. The highest BCUT2D eigenvalue weighted by molar-refractivity contribution is 6.16. The van der Waals surface area contributed by atoms with Gasteiger partial charge in [-0.2, -0.15) is 0 Å². The van der Waals surface area contributed by atoms with Gasteiger partial charge in [0.15, 0.2) is 0 Å². The molecule has 0 aromatic carbocycles. The molecule has 0 amide bonds. The minimum absolute atomic E-state index is 0.296. The van der Waals surface area contributed by atoms with E-state index in [1.807, 2.05) is 12.4 Å². The average Bonchev–Trinajstić information content (AvgIpc) is 3.06. The third-order valence-corrected chi connectivity index (χ3v) is 6.38. The van der Waals surface area contributed by atoms with E-state index < -0.39 is 0 Å². The van der Waals surface area contributed by atoms with Crippen LogP contribution in [-0.4, -0.2) is 14.5 Å². The first-order valence-electron chi connectivity index (χ1n) is 7.84. The molecule has 0 saturated heterocycles. The zero-order valence-corrected chi connectivity index (χ0v) is 13.7. The average molecular weight is 304 g/mol. The van der Waals surface area contributed by atoms with Crippen molar-refractivity contribution in [2.75, 3.05) is 0 Å². The highest BCUT2D eigenvalue weighted by Gasteiger charge is 2.60. The monoisotopic (exact) mass is 303 g/mol. The molecule has 2 heterocycles. The molecule has 0 spiro atoms. The molecule has 0 N–H and O–H groups in total. The number of pyridine rings is 1. The van der Waals surface area contributed by atoms with E-state index in [1.54, 1.807) is 0 Å². The summed E-state index contributed by atoms with van der Waals surface area (Å²) in [5.74, 6) is 2.27. The molecule has 3 unspecified atom stereocenters. The number of halogens is 1. The summed E-state index contributed by atoms with van der Waals surface area (Å²) in [6.07, 6.45) is 7.73. The lowest BCUT2D eigenvalue weighted by Crippen LogP contribution is -2.38. The van der Waals surface area contributed by atoms with Gasteiger partial charge in [-0.15, -0.1) is 11.6 Å². The van der Waals surface area contributed by atoms with Crippen LogP contribution in [0.4, 0.5) is 0 Å². The molecule has 2 aliphatic carbocycles. The van der Waals surface area contributed by atoms with Gasteiger partial charge in [0, 0.05) is 12.2 Å². The molecule has 112 valence electrons. The van der Waals surface area contributed by atoms with Crippen LogP contribution >= 0.6 is 11.6 Å². The summed E-state index contributed by atoms with van der Waals surface area (Å²) in [7, 11) is 0. The van der Waals surface area contributed by atoms with Crippen LogP contribution in [0.3, 0.4) is 0 Å². The van der Waals surface area contributed by atoms with Gasteiger partial charge < -0.3 is 4.57 Å². The Morgan fingerprint density at radius 1 is 1.38 bits per heavy atom. The Hall–Kier alpha value is -1.09. The maximum Gasteiger partial charge on any atom is 0.125 e. The molecule has 21 heavy (non-hydrogen) atoms. The molecule has 2 aliphatic rings. The van der Waals surface area contributed by atoms with Gasteiger partial charge in [0.2, 0.25) is 0 Å². The highest BCUT2D eigenvalue weighted by atomic mass is 35.5. The smallest absolute Gasteiger partial charge is 0.125 e. The fourth-order valence-corrected chi connectivity index (χ4v) is 5.49. The Morgan fingerprint density at radius 2 is 2.19 bits per heavy atom. The van der Waals surface area contributed by atoms with Crippen molar-refractivity contribution < 1.29 is 0 Å². The minimum atomic E-state index is 0.296. The first kappa shape index (κ1) is 13.6. The molecule has 2 aromatic heterocycles. The summed E-state index contributed by atoms with van der Waals surface area (Å²) in [6.45, 7) is 7.31. The first-order chi connectivity index (χ1) is 9.97. The summed E-state index contributed by atoms with van der Waals surface area (Å²) in [5.41, 5.74) is 2.82. The zero-order chi connectivity index (χ0) is 14.8. The van der Waals surface area contributed by atoms with E-state index in [4.69, 9.17) is 16.6 Å². The predicted octanol–water partition coefficient (Wildman–Crippen LogP) is 4.56. The lowest BCUT2D eigenvalue weighted by atomic mass is 9.68. The van der Waals surface area contributed by atoms with Gasteiger partial charge in [0.25, 0.3) is 0 Å². The predicted molar refractivity (Wildman–Crippen MR) is 85.4 cm³/mol. The Labute approximate surface area is 130 Å². The molecular weight excluding hydrogens is 282 g/mol. The van der Waals surface area contributed by atoms with E-state index in [-0.39, 0.29) is 0 Å². The van der Waals surface area contributed by atoms with Gasteiger partial charge in [-0.3, -0.25) is 4.98 Å². The molecule has 3 nitrogen and oxygen atoms in total. The van der Waals surface area contributed by atoms with Crippen LogP contribution in [0.2, 0.25) is 0 Å². The lowest BCUT2D eigenvalue weighted by Gasteiger charge is -2.44. The number of hydrogen-bond acceptors (Lipinski definition) is 2. The number of aromatic nitrogens is 3. The number of rotatable bonds is 2. The summed E-state index contributed by atoms with van der Waals surface area (Å²) in [4.78, 5) is 8.94. The second-order valence-corrected chi connectivity index (χ2v) is 7.98. The van der Waals surface area contributed by atoms with E-state index in [9.17, 15) is 0 Å². The summed E-state index contributed by atoms with van der Waals surface area (Å²) in [5, 5.41) is 0. The number of fused-ring (bicyclic) bond motifs is 3. The molecule has 3 atom stereocenters. The Bertz CT molecular complexity index is 700. The number of hydrogen-bond donors (Lipinski definition) is 0. The van der Waals surface area contributed by atoms with Crippen molar-refractivity contribution in [3.63, 3.8) is 0 Å². The summed E-state index contributed by atoms with van der Waals surface area (Å²) in [6, 6.07) is 2.56. The summed E-state index contributed by atoms with van der Waals surface area (Å²) >= 11 is 6.22. The van der Waals surface area contributed by atoms with E-state index in [2.05, 4.69) is 36.4 Å². The van der Waals surface area contributed by atoms with Crippen molar-refractivity contribution in [3.8, 4) is 0 Å². The topological polar surface area (TPSA) is 30.7 Å². The quantitative estimate of drug-likeness (QED) is 0.762. The Balaban J connectivity index is 1.98. The van der Waals surface area contributed by atoms with Crippen molar-refractivity contribution in [1.29, 1.82) is 0 Å². The maximum atomic E-state index is 6.22. The molecule has 4 heteroatoms. The van der Waals surface area contributed by atoms with Crippen molar-refractivity contribution in [3.05, 3.63) is 24.3 Å². The van der Waals surface area contributed by atoms with Gasteiger partial charge in [-0.25, -0.2) is 4.98 Å². The van der Waals surface area contributed by atoms with Gasteiger partial charge >= 0.3 is 0 Å². The van der Waals surface area contributed by atoms with Crippen LogP contribution < -0.4 is 0 Å². The second-order valence-electron chi connectivity index (χ2n) is 7.71. The molecule has 2 saturated carbocycles. The van der Waals surface area contributed by atoms with Gasteiger partial charge in [0.05, 0.1) is 17.6 Å². The molecule has 2 aromatic rings. The van der Waals surface area contributed by atoms with Gasteiger partial charge in [-0.1, -0.05) is 20.8 Å². The molecule has 0 aliphatic heterocycles. The van der Waals surface area contributed by atoms with Crippen molar-refractivity contribution in [2.24, 2.45) is 16.7 Å². The number of nitrogens with zero attached hydrogens (tertiary/aromatic N) is 3. The van der Waals surface area contributed by atoms with Crippen LogP contribution in [0.5, 0.6) is 0 Å². The first-order valence-corrected chi connectivity index (χ1v) is 8.37. The second kappa shape index (κ2) is 4.22. The number of alkyl halides is 1. The normalized spacial score (nSPS) is 33.9. The third kappa shape index (κ3) is 1.67. The molecule has 2 fully saturated rings. The minimum Gasteiger partial charge on any atom is -0.323 e. The molecule has 0 radical (unpaired) electrons. The standard InChI is InChI=1S/C17H22ClN3/c1-16(2)11-4-6-17(3,8-11)15(16)21-13-5-7-19-10-12(13)20-14(21)9-18/h5,7,10-11,15H,4,6,8-9H2,1-3H3. The molecular formula is C17H22ClN3. The Morgan fingerprint density at radius 3 is 2.86 bits per heavy atom. The SMILES string of the molecule is CC12CCC(C1)C(C)(C)C2n1c(CCl)nc2cnccc21. The van der Waals surface area contributed by atoms with E-state index >= 15 is 0 Å². The van der Waals surface area contributed by atoms with Crippen molar-refractivity contribution in [1.82, 2.24) is 14.5 Å². The maximum absolute atomic E-state index is 6.22.